The topological polar surface area (TPSA) is 28.7 Å². The predicted molar refractivity (Wildman–Crippen MR) is 233 cm³/mol. The van der Waals surface area contributed by atoms with Crippen LogP contribution in [0.4, 0.5) is 0 Å². The fraction of sp³-hybridized carbons (Fsp3) is 0. The van der Waals surface area contributed by atoms with Gasteiger partial charge in [0, 0.05) is 39.2 Å². The van der Waals surface area contributed by atoms with Crippen LogP contribution in [0.15, 0.2) is 200 Å². The monoisotopic (exact) mass is 698 g/mol. The Morgan fingerprint density at radius 1 is 0.309 bits per heavy atom. The van der Waals surface area contributed by atoms with Crippen molar-refractivity contribution < 1.29 is 0 Å². The number of nitrogens with zero attached hydrogens (tertiary/aromatic N) is 1. The second-order valence-corrected chi connectivity index (χ2v) is 14.3. The molecule has 0 aliphatic rings. The van der Waals surface area contributed by atoms with E-state index in [1.54, 1.807) is 0 Å². The molecule has 0 bridgehead atoms. The molecular formula is C53H34N2. The van der Waals surface area contributed by atoms with Gasteiger partial charge in [0.2, 0.25) is 0 Å². The summed E-state index contributed by atoms with van der Waals surface area (Å²) >= 11 is 0. The molecule has 9 aromatic carbocycles. The number of rotatable bonds is 5. The number of fused-ring (bicyclic) bond motifs is 9. The van der Waals surface area contributed by atoms with Crippen LogP contribution in [0.2, 0.25) is 0 Å². The first-order valence-corrected chi connectivity index (χ1v) is 18.9. The van der Waals surface area contributed by atoms with E-state index in [9.17, 15) is 0 Å². The van der Waals surface area contributed by atoms with Crippen molar-refractivity contribution in [2.24, 2.45) is 0 Å². The van der Waals surface area contributed by atoms with Crippen molar-refractivity contribution in [3.8, 4) is 55.8 Å². The zero-order chi connectivity index (χ0) is 36.3. The van der Waals surface area contributed by atoms with Crippen molar-refractivity contribution in [2.75, 3.05) is 0 Å². The lowest BCUT2D eigenvalue weighted by atomic mass is 9.82. The Morgan fingerprint density at radius 3 is 1.60 bits per heavy atom. The van der Waals surface area contributed by atoms with Crippen LogP contribution in [0.1, 0.15) is 0 Å². The van der Waals surface area contributed by atoms with Gasteiger partial charge < -0.3 is 4.98 Å². The molecule has 0 saturated heterocycles. The van der Waals surface area contributed by atoms with Crippen molar-refractivity contribution in [1.29, 1.82) is 0 Å². The number of H-pyrrole nitrogens is 1. The Hall–Kier alpha value is -7.29. The number of hydrogen-bond donors (Lipinski definition) is 1. The fourth-order valence-corrected chi connectivity index (χ4v) is 8.95. The minimum absolute atomic E-state index is 0.949. The summed E-state index contributed by atoms with van der Waals surface area (Å²) in [5.74, 6) is 0. The van der Waals surface area contributed by atoms with Crippen molar-refractivity contribution in [2.45, 2.75) is 0 Å². The average molecular weight is 699 g/mol. The van der Waals surface area contributed by atoms with Crippen LogP contribution in [-0.4, -0.2) is 9.97 Å². The van der Waals surface area contributed by atoms with Crippen LogP contribution in [0.3, 0.4) is 0 Å². The molecule has 0 spiro atoms. The lowest BCUT2D eigenvalue weighted by Gasteiger charge is -2.22. The fourth-order valence-electron chi connectivity index (χ4n) is 8.95. The number of hydrogen-bond acceptors (Lipinski definition) is 1. The Balaban J connectivity index is 1.28. The maximum atomic E-state index is 5.27. The van der Waals surface area contributed by atoms with Crippen LogP contribution in [-0.2, 0) is 0 Å². The lowest BCUT2D eigenvalue weighted by molar-refractivity contribution is 1.33. The van der Waals surface area contributed by atoms with Crippen LogP contribution in [0.25, 0.3) is 110 Å². The molecule has 11 rings (SSSR count). The first kappa shape index (κ1) is 31.3. The lowest BCUT2D eigenvalue weighted by Crippen LogP contribution is -1.97. The molecule has 2 heterocycles. The molecule has 0 saturated carbocycles. The molecule has 0 unspecified atom stereocenters. The van der Waals surface area contributed by atoms with Gasteiger partial charge in [0.05, 0.1) is 11.2 Å². The summed E-state index contributed by atoms with van der Waals surface area (Å²) < 4.78 is 0. The van der Waals surface area contributed by atoms with Crippen molar-refractivity contribution in [3.05, 3.63) is 200 Å². The van der Waals surface area contributed by atoms with Gasteiger partial charge in [-0.15, -0.1) is 0 Å². The van der Waals surface area contributed by atoms with Gasteiger partial charge in [-0.25, -0.2) is 0 Å². The third kappa shape index (κ3) is 4.92. The maximum absolute atomic E-state index is 5.27. The number of aromatic amines is 1. The zero-order valence-corrected chi connectivity index (χ0v) is 30.0. The molecule has 11 aromatic rings. The van der Waals surface area contributed by atoms with Gasteiger partial charge in [0.15, 0.2) is 0 Å². The molecular weight excluding hydrogens is 665 g/mol. The summed E-state index contributed by atoms with van der Waals surface area (Å²) in [4.78, 5) is 9.03. The summed E-state index contributed by atoms with van der Waals surface area (Å²) in [6, 6.07) is 70.3. The van der Waals surface area contributed by atoms with E-state index < -0.39 is 0 Å². The largest absolute Gasteiger partial charge is 0.354 e. The summed E-state index contributed by atoms with van der Waals surface area (Å²) in [5.41, 5.74) is 13.6. The van der Waals surface area contributed by atoms with Gasteiger partial charge >= 0.3 is 0 Å². The van der Waals surface area contributed by atoms with E-state index in [2.05, 4.69) is 199 Å². The Morgan fingerprint density at radius 2 is 0.818 bits per heavy atom. The van der Waals surface area contributed by atoms with Gasteiger partial charge in [-0.05, 0) is 77.8 Å². The normalized spacial score (nSPS) is 11.6. The molecule has 0 aliphatic carbocycles. The molecule has 55 heavy (non-hydrogen) atoms. The molecule has 0 aliphatic heterocycles. The quantitative estimate of drug-likeness (QED) is 0.178. The van der Waals surface area contributed by atoms with Gasteiger partial charge in [-0.1, -0.05) is 182 Å². The third-order valence-corrected chi connectivity index (χ3v) is 11.3. The van der Waals surface area contributed by atoms with Gasteiger partial charge in [-0.2, -0.15) is 0 Å². The number of pyridine rings is 1. The summed E-state index contributed by atoms with van der Waals surface area (Å²) in [6.07, 6.45) is 1.94. The van der Waals surface area contributed by atoms with Gasteiger partial charge in [0.1, 0.15) is 0 Å². The summed E-state index contributed by atoms with van der Waals surface area (Å²) in [5, 5.41) is 9.94. The maximum Gasteiger partial charge on any atom is 0.0787 e. The van der Waals surface area contributed by atoms with E-state index in [4.69, 9.17) is 4.98 Å². The van der Waals surface area contributed by atoms with Crippen LogP contribution in [0.5, 0.6) is 0 Å². The molecule has 0 radical (unpaired) electrons. The van der Waals surface area contributed by atoms with Gasteiger partial charge in [0.25, 0.3) is 0 Å². The summed E-state index contributed by atoms with van der Waals surface area (Å²) in [6.45, 7) is 0. The van der Waals surface area contributed by atoms with Crippen LogP contribution < -0.4 is 0 Å². The second kappa shape index (κ2) is 12.7. The molecule has 1 N–H and O–H groups in total. The SMILES string of the molecule is c1ccc(-c2ccccc2-c2cccc(-c3ncccc3-c3cccc4c3[nH]c3ccccc34)c2-c2cccc3c4ccccc4c4ccccc4c23)cc1. The third-order valence-electron chi connectivity index (χ3n) is 11.3. The van der Waals surface area contributed by atoms with E-state index in [1.165, 1.54) is 76.5 Å². The Bertz CT molecular complexity index is 3220. The Kier molecular flexibility index (Phi) is 7.21. The minimum atomic E-state index is 0.949. The molecule has 2 nitrogen and oxygen atoms in total. The van der Waals surface area contributed by atoms with Crippen LogP contribution >= 0.6 is 0 Å². The van der Waals surface area contributed by atoms with E-state index in [0.29, 0.717) is 0 Å². The molecule has 0 fully saturated rings. The number of para-hydroxylation sites is 2. The van der Waals surface area contributed by atoms with E-state index in [1.807, 2.05) is 6.20 Å². The highest BCUT2D eigenvalue weighted by atomic mass is 14.7. The molecule has 0 amide bonds. The van der Waals surface area contributed by atoms with Crippen molar-refractivity contribution >= 4 is 54.1 Å². The Labute approximate surface area is 319 Å². The number of benzene rings is 9. The van der Waals surface area contributed by atoms with E-state index in [0.717, 1.165) is 33.4 Å². The molecule has 2 aromatic heterocycles. The molecule has 0 atom stereocenters. The molecule has 2 heteroatoms. The zero-order valence-electron chi connectivity index (χ0n) is 30.0. The standard InChI is InChI=1S/C53H34N2/c1-2-16-34(17-3-1)35-18-4-5-19-36(35)42-26-13-30-48(52-45(31-15-33-54-52)46-28-14-27-44-40-23-10-11-32-49(40)55-53(44)46)51(42)47-29-12-25-43-39-21-7-6-20-37(39)38-22-8-9-24-41(38)50(43)47/h1-33,55H. The highest BCUT2D eigenvalue weighted by molar-refractivity contribution is 6.29. The van der Waals surface area contributed by atoms with Crippen molar-refractivity contribution in [3.63, 3.8) is 0 Å². The predicted octanol–water partition coefficient (Wildman–Crippen LogP) is 14.5. The first-order chi connectivity index (χ1) is 27.3. The molecule has 256 valence electrons. The smallest absolute Gasteiger partial charge is 0.0787 e. The van der Waals surface area contributed by atoms with Crippen LogP contribution in [0, 0.1) is 0 Å². The second-order valence-electron chi connectivity index (χ2n) is 14.3. The van der Waals surface area contributed by atoms with Gasteiger partial charge in [-0.3, -0.25) is 4.98 Å². The highest BCUT2D eigenvalue weighted by Crippen LogP contribution is 2.49. The summed E-state index contributed by atoms with van der Waals surface area (Å²) in [7, 11) is 0. The first-order valence-electron chi connectivity index (χ1n) is 18.9. The average Bonchev–Trinajstić information content (AvgIpc) is 3.65. The number of aromatic nitrogens is 2. The van der Waals surface area contributed by atoms with Crippen molar-refractivity contribution in [1.82, 2.24) is 9.97 Å². The number of nitrogens with one attached hydrogen (secondary N) is 1. The highest BCUT2D eigenvalue weighted by Gasteiger charge is 2.23. The van der Waals surface area contributed by atoms with E-state index >= 15 is 0 Å². The minimum Gasteiger partial charge on any atom is -0.354 e. The van der Waals surface area contributed by atoms with E-state index in [-0.39, 0.29) is 0 Å².